The molecule has 1 N–H and O–H groups in total. The number of nitro benzene ring substituents is 1. The van der Waals surface area contributed by atoms with Gasteiger partial charge in [0.1, 0.15) is 6.61 Å². The summed E-state index contributed by atoms with van der Waals surface area (Å²) in [5, 5.41) is 13.7. The minimum atomic E-state index is -0.764. The summed E-state index contributed by atoms with van der Waals surface area (Å²) in [6, 6.07) is 13.5. The van der Waals surface area contributed by atoms with Gasteiger partial charge in [0.05, 0.1) is 17.4 Å². The van der Waals surface area contributed by atoms with E-state index < -0.39 is 22.8 Å². The van der Waals surface area contributed by atoms with Crippen molar-refractivity contribution in [1.29, 1.82) is 0 Å². The van der Waals surface area contributed by atoms with Gasteiger partial charge in [-0.3, -0.25) is 19.7 Å². The maximum atomic E-state index is 12.4. The first-order valence-corrected chi connectivity index (χ1v) is 7.88. The molecule has 0 fully saturated rings. The molecule has 134 valence electrons. The van der Waals surface area contributed by atoms with Crippen LogP contribution in [0.4, 0.5) is 5.69 Å². The summed E-state index contributed by atoms with van der Waals surface area (Å²) in [6.07, 6.45) is 1.27. The molecule has 0 aromatic heterocycles. The number of carbonyl (C=O) groups excluding carboxylic acids is 2. The highest BCUT2D eigenvalue weighted by atomic mass is 16.6. The van der Waals surface area contributed by atoms with Crippen molar-refractivity contribution in [2.24, 2.45) is 0 Å². The average Bonchev–Trinajstić information content (AvgIpc) is 2.66. The third-order valence-corrected chi connectivity index (χ3v) is 3.56. The molecule has 0 saturated carbocycles. The lowest BCUT2D eigenvalue weighted by Crippen LogP contribution is -2.30. The van der Waals surface area contributed by atoms with Crippen molar-refractivity contribution < 1.29 is 19.2 Å². The minimum Gasteiger partial charge on any atom is -0.461 e. The summed E-state index contributed by atoms with van der Waals surface area (Å²) in [5.41, 5.74) is 0.738. The molecule has 0 aliphatic heterocycles. The van der Waals surface area contributed by atoms with E-state index in [1.165, 1.54) is 24.3 Å². The van der Waals surface area contributed by atoms with Crippen LogP contribution in [0.15, 0.2) is 67.3 Å². The van der Waals surface area contributed by atoms with Crippen molar-refractivity contribution in [3.05, 3.63) is 88.5 Å². The Morgan fingerprint density at radius 2 is 1.92 bits per heavy atom. The third-order valence-electron chi connectivity index (χ3n) is 3.56. The predicted octanol–water partition coefficient (Wildman–Crippen LogP) is 3.19. The number of amides is 1. The second-order valence-electron chi connectivity index (χ2n) is 5.42. The molecule has 0 heterocycles. The van der Waals surface area contributed by atoms with Gasteiger partial charge in [-0.15, -0.1) is 0 Å². The predicted molar refractivity (Wildman–Crippen MR) is 95.5 cm³/mol. The van der Waals surface area contributed by atoms with Gasteiger partial charge in [-0.25, -0.2) is 0 Å². The van der Waals surface area contributed by atoms with Crippen LogP contribution in [0.1, 0.15) is 28.4 Å². The lowest BCUT2D eigenvalue weighted by Gasteiger charge is -2.18. The van der Waals surface area contributed by atoms with Crippen molar-refractivity contribution in [3.63, 3.8) is 0 Å². The Morgan fingerprint density at radius 1 is 1.19 bits per heavy atom. The van der Waals surface area contributed by atoms with Crippen molar-refractivity contribution in [2.75, 3.05) is 6.61 Å². The van der Waals surface area contributed by atoms with Gasteiger partial charge in [0.25, 0.3) is 11.6 Å². The zero-order valence-corrected chi connectivity index (χ0v) is 14.0. The Kier molecular flexibility index (Phi) is 6.61. The third kappa shape index (κ3) is 5.27. The van der Waals surface area contributed by atoms with Crippen molar-refractivity contribution >= 4 is 17.6 Å². The molecule has 2 aromatic carbocycles. The second-order valence-corrected chi connectivity index (χ2v) is 5.42. The van der Waals surface area contributed by atoms with Crippen LogP contribution < -0.4 is 5.32 Å². The zero-order chi connectivity index (χ0) is 18.9. The van der Waals surface area contributed by atoms with E-state index in [-0.39, 0.29) is 18.7 Å². The molecule has 0 spiro atoms. The van der Waals surface area contributed by atoms with Crippen LogP contribution in [0.5, 0.6) is 0 Å². The van der Waals surface area contributed by atoms with Crippen LogP contribution in [-0.2, 0) is 9.53 Å². The number of esters is 1. The lowest BCUT2D eigenvalue weighted by molar-refractivity contribution is -0.384. The number of hydrogen-bond acceptors (Lipinski definition) is 5. The number of nitrogens with zero attached hydrogens (tertiary/aromatic N) is 1. The Bertz CT molecular complexity index is 805. The molecule has 1 amide bonds. The maximum absolute atomic E-state index is 12.4. The number of rotatable bonds is 8. The van der Waals surface area contributed by atoms with Crippen LogP contribution in [-0.4, -0.2) is 23.4 Å². The highest BCUT2D eigenvalue weighted by molar-refractivity contribution is 5.94. The van der Waals surface area contributed by atoms with Crippen LogP contribution in [0.2, 0.25) is 0 Å². The fourth-order valence-electron chi connectivity index (χ4n) is 2.32. The number of benzene rings is 2. The molecule has 0 bridgehead atoms. The summed E-state index contributed by atoms with van der Waals surface area (Å²) in [6.45, 7) is 3.52. The second kappa shape index (κ2) is 9.12. The van der Waals surface area contributed by atoms with E-state index in [2.05, 4.69) is 11.9 Å². The van der Waals surface area contributed by atoms with Crippen LogP contribution in [0.3, 0.4) is 0 Å². The highest BCUT2D eigenvalue weighted by Gasteiger charge is 2.21. The molecule has 26 heavy (non-hydrogen) atoms. The number of hydrogen-bond donors (Lipinski definition) is 1. The SMILES string of the molecule is C=CCOC(=O)C[C@H](NC(=O)c1ccccc1)c1cccc([N+](=O)[O-])c1. The minimum absolute atomic E-state index is 0.0487. The van der Waals surface area contributed by atoms with E-state index in [4.69, 9.17) is 4.74 Å². The Balaban J connectivity index is 2.25. The summed E-state index contributed by atoms with van der Waals surface area (Å²) in [7, 11) is 0. The highest BCUT2D eigenvalue weighted by Crippen LogP contribution is 2.23. The van der Waals surface area contributed by atoms with Gasteiger partial charge in [0.15, 0.2) is 0 Å². The molecule has 7 nitrogen and oxygen atoms in total. The monoisotopic (exact) mass is 354 g/mol. The van der Waals surface area contributed by atoms with E-state index in [1.54, 1.807) is 36.4 Å². The smallest absolute Gasteiger partial charge is 0.308 e. The molecule has 1 atom stereocenters. The Hall–Kier alpha value is -3.48. The molecular weight excluding hydrogens is 336 g/mol. The van der Waals surface area contributed by atoms with Crippen LogP contribution >= 0.6 is 0 Å². The first kappa shape index (κ1) is 18.9. The summed E-state index contributed by atoms with van der Waals surface area (Å²) in [4.78, 5) is 34.9. The fraction of sp³-hybridized carbons (Fsp3) is 0.158. The molecule has 0 unspecified atom stereocenters. The van der Waals surface area contributed by atoms with Gasteiger partial charge in [-0.2, -0.15) is 0 Å². The molecule has 0 aliphatic rings. The van der Waals surface area contributed by atoms with Gasteiger partial charge < -0.3 is 10.1 Å². The number of nitrogens with one attached hydrogen (secondary N) is 1. The first-order chi connectivity index (χ1) is 12.5. The Labute approximate surface area is 150 Å². The van der Waals surface area contributed by atoms with E-state index in [9.17, 15) is 19.7 Å². The summed E-state index contributed by atoms with van der Waals surface area (Å²) < 4.78 is 4.97. The number of nitro groups is 1. The van der Waals surface area contributed by atoms with Gasteiger partial charge in [-0.05, 0) is 17.7 Å². The molecular formula is C19H18N2O5. The number of carbonyl (C=O) groups is 2. The van der Waals surface area contributed by atoms with Crippen LogP contribution in [0.25, 0.3) is 0 Å². The van der Waals surface area contributed by atoms with Gasteiger partial charge in [-0.1, -0.05) is 43.0 Å². The topological polar surface area (TPSA) is 98.5 Å². The molecule has 0 saturated heterocycles. The van der Waals surface area contributed by atoms with Crippen LogP contribution in [0, 0.1) is 10.1 Å². The van der Waals surface area contributed by atoms with Gasteiger partial charge >= 0.3 is 5.97 Å². The van der Waals surface area contributed by atoms with Crippen molar-refractivity contribution in [3.8, 4) is 0 Å². The number of ether oxygens (including phenoxy) is 1. The Morgan fingerprint density at radius 3 is 2.58 bits per heavy atom. The van der Waals surface area contributed by atoms with Crippen molar-refractivity contribution in [2.45, 2.75) is 12.5 Å². The van der Waals surface area contributed by atoms with E-state index in [0.29, 0.717) is 11.1 Å². The van der Waals surface area contributed by atoms with E-state index >= 15 is 0 Å². The lowest BCUT2D eigenvalue weighted by atomic mass is 10.0. The van der Waals surface area contributed by atoms with E-state index in [0.717, 1.165) is 0 Å². The summed E-state index contributed by atoms with van der Waals surface area (Å²) in [5.74, 6) is -0.937. The number of non-ortho nitro benzene ring substituents is 1. The fourth-order valence-corrected chi connectivity index (χ4v) is 2.32. The molecule has 7 heteroatoms. The largest absolute Gasteiger partial charge is 0.461 e. The maximum Gasteiger partial charge on any atom is 0.308 e. The quantitative estimate of drug-likeness (QED) is 0.340. The standard InChI is InChI=1S/C19H18N2O5/c1-2-11-26-18(22)13-17(15-9-6-10-16(12-15)21(24)25)20-19(23)14-7-4-3-5-8-14/h2-10,12,17H,1,11,13H2,(H,20,23)/t17-/m0/s1. The van der Waals surface area contributed by atoms with Crippen molar-refractivity contribution in [1.82, 2.24) is 5.32 Å². The summed E-state index contributed by atoms with van der Waals surface area (Å²) >= 11 is 0. The molecule has 2 aromatic rings. The molecule has 2 rings (SSSR count). The van der Waals surface area contributed by atoms with Gasteiger partial charge in [0.2, 0.25) is 0 Å². The first-order valence-electron chi connectivity index (χ1n) is 7.88. The molecule has 0 aliphatic carbocycles. The van der Waals surface area contributed by atoms with E-state index in [1.807, 2.05) is 0 Å². The zero-order valence-electron chi connectivity index (χ0n) is 14.0. The molecule has 0 radical (unpaired) electrons. The van der Waals surface area contributed by atoms with Gasteiger partial charge in [0, 0.05) is 17.7 Å². The normalized spacial score (nSPS) is 11.2. The average molecular weight is 354 g/mol.